The second kappa shape index (κ2) is 7.72. The van der Waals surface area contributed by atoms with Gasteiger partial charge in [-0.25, -0.2) is 9.59 Å². The average molecular weight is 416 g/mol. The van der Waals surface area contributed by atoms with Crippen LogP contribution in [0.1, 0.15) is 45.7 Å². The molecule has 0 fully saturated rings. The number of fused-ring (bicyclic) bond motifs is 2. The first kappa shape index (κ1) is 20.3. The molecular formula is C25H20O6. The summed E-state index contributed by atoms with van der Waals surface area (Å²) in [5.74, 6) is -2.00. The number of aryl methyl sites for hydroxylation is 2. The van der Waals surface area contributed by atoms with Crippen molar-refractivity contribution in [2.24, 2.45) is 0 Å². The van der Waals surface area contributed by atoms with E-state index >= 15 is 0 Å². The Labute approximate surface area is 177 Å². The van der Waals surface area contributed by atoms with Crippen molar-refractivity contribution in [2.75, 3.05) is 0 Å². The Morgan fingerprint density at radius 1 is 0.871 bits per heavy atom. The normalized spacial score (nSPS) is 11.2. The predicted molar refractivity (Wildman–Crippen MR) is 117 cm³/mol. The highest BCUT2D eigenvalue weighted by Crippen LogP contribution is 2.42. The zero-order chi connectivity index (χ0) is 22.3. The van der Waals surface area contributed by atoms with E-state index in [1.807, 2.05) is 26.0 Å². The molecule has 2 N–H and O–H groups in total. The molecule has 0 saturated carbocycles. The molecule has 4 rings (SSSR count). The van der Waals surface area contributed by atoms with Crippen LogP contribution in [-0.4, -0.2) is 22.2 Å². The molecule has 0 spiro atoms. The van der Waals surface area contributed by atoms with Crippen LogP contribution in [0.15, 0.2) is 57.7 Å². The van der Waals surface area contributed by atoms with Crippen molar-refractivity contribution in [1.82, 2.24) is 0 Å². The number of carbonyl (C=O) groups is 2. The summed E-state index contributed by atoms with van der Waals surface area (Å²) < 4.78 is 6.00. The first-order valence-corrected chi connectivity index (χ1v) is 9.97. The van der Waals surface area contributed by atoms with E-state index in [0.717, 1.165) is 12.0 Å². The summed E-state index contributed by atoms with van der Waals surface area (Å²) in [5.41, 5.74) is 3.25. The van der Waals surface area contributed by atoms with Crippen LogP contribution >= 0.6 is 0 Å². The Hall–Kier alpha value is -3.93. The Morgan fingerprint density at radius 2 is 1.65 bits per heavy atom. The molecule has 6 nitrogen and oxygen atoms in total. The lowest BCUT2D eigenvalue weighted by Crippen LogP contribution is -2.09. The van der Waals surface area contributed by atoms with Gasteiger partial charge in [-0.05, 0) is 60.4 Å². The van der Waals surface area contributed by atoms with Gasteiger partial charge < -0.3 is 14.6 Å². The van der Waals surface area contributed by atoms with Gasteiger partial charge in [0.2, 0.25) is 0 Å². The summed E-state index contributed by atoms with van der Waals surface area (Å²) in [6.07, 6.45) is 1.26. The number of carboxylic acids is 2. The largest absolute Gasteiger partial charge is 0.478 e. The second-order valence-electron chi connectivity index (χ2n) is 7.34. The van der Waals surface area contributed by atoms with E-state index in [0.29, 0.717) is 39.8 Å². The molecule has 0 saturated heterocycles. The van der Waals surface area contributed by atoms with Crippen molar-refractivity contribution >= 4 is 22.9 Å². The average Bonchev–Trinajstić information content (AvgIpc) is 2.76. The maximum atomic E-state index is 12.4. The quantitative estimate of drug-likeness (QED) is 0.439. The fourth-order valence-electron chi connectivity index (χ4n) is 3.87. The van der Waals surface area contributed by atoms with Crippen molar-refractivity contribution in [1.29, 1.82) is 0 Å². The Morgan fingerprint density at radius 3 is 2.29 bits per heavy atom. The number of carboxylic acid groups (broad SMARTS) is 2. The minimum absolute atomic E-state index is 0.0232. The Bertz CT molecular complexity index is 1380. The van der Waals surface area contributed by atoms with Crippen molar-refractivity contribution in [3.8, 4) is 22.5 Å². The van der Waals surface area contributed by atoms with Crippen LogP contribution in [0.5, 0.6) is 0 Å². The van der Waals surface area contributed by atoms with Gasteiger partial charge in [-0.3, -0.25) is 4.79 Å². The van der Waals surface area contributed by atoms with Gasteiger partial charge in [-0.15, -0.1) is 0 Å². The van der Waals surface area contributed by atoms with E-state index in [-0.39, 0.29) is 22.1 Å². The summed E-state index contributed by atoms with van der Waals surface area (Å²) in [5, 5.41) is 20.0. The summed E-state index contributed by atoms with van der Waals surface area (Å²) in [7, 11) is 0. The number of hydrogen-bond donors (Lipinski definition) is 2. The number of aromatic carboxylic acids is 2. The molecule has 2 aliphatic rings. The molecule has 0 amide bonds. The van der Waals surface area contributed by atoms with Crippen LogP contribution in [0.25, 0.3) is 33.4 Å². The summed E-state index contributed by atoms with van der Waals surface area (Å²) >= 11 is 0. The third-order valence-electron chi connectivity index (χ3n) is 5.52. The van der Waals surface area contributed by atoms with Gasteiger partial charge in [0.25, 0.3) is 0 Å². The first-order valence-electron chi connectivity index (χ1n) is 9.97. The Kier molecular flexibility index (Phi) is 5.07. The van der Waals surface area contributed by atoms with Crippen LogP contribution in [0.3, 0.4) is 0 Å². The van der Waals surface area contributed by atoms with Crippen molar-refractivity contribution < 1.29 is 24.2 Å². The third kappa shape index (κ3) is 3.46. The van der Waals surface area contributed by atoms with Crippen molar-refractivity contribution in [3.63, 3.8) is 0 Å². The highest BCUT2D eigenvalue weighted by Gasteiger charge is 2.24. The number of rotatable bonds is 5. The van der Waals surface area contributed by atoms with Crippen LogP contribution < -0.4 is 5.43 Å². The molecule has 2 aromatic rings. The second-order valence-corrected chi connectivity index (χ2v) is 7.34. The van der Waals surface area contributed by atoms with Crippen molar-refractivity contribution in [2.45, 2.75) is 26.7 Å². The topological polar surface area (TPSA) is 105 Å². The molecule has 1 aliphatic heterocycles. The molecule has 0 unspecified atom stereocenters. The van der Waals surface area contributed by atoms with Gasteiger partial charge in [-0.1, -0.05) is 19.9 Å². The van der Waals surface area contributed by atoms with E-state index in [4.69, 9.17) is 4.42 Å². The molecule has 0 bridgehead atoms. The number of benzene rings is 3. The van der Waals surface area contributed by atoms with E-state index in [1.54, 1.807) is 12.1 Å². The highest BCUT2D eigenvalue weighted by atomic mass is 16.4. The van der Waals surface area contributed by atoms with Crippen LogP contribution in [0.4, 0.5) is 0 Å². The lowest BCUT2D eigenvalue weighted by Gasteiger charge is -2.18. The van der Waals surface area contributed by atoms with Crippen LogP contribution in [-0.2, 0) is 12.8 Å². The summed E-state index contributed by atoms with van der Waals surface area (Å²) in [6.45, 7) is 3.87. The van der Waals surface area contributed by atoms with E-state index in [2.05, 4.69) is 0 Å². The smallest absolute Gasteiger partial charge is 0.336 e. The minimum Gasteiger partial charge on any atom is -0.478 e. The molecule has 2 aromatic carbocycles. The molecule has 6 heteroatoms. The lowest BCUT2D eigenvalue weighted by atomic mass is 9.88. The fourth-order valence-corrected chi connectivity index (χ4v) is 3.87. The lowest BCUT2D eigenvalue weighted by molar-refractivity contribution is 0.0682. The molecule has 0 radical (unpaired) electrons. The molecule has 1 aliphatic carbocycles. The Balaban J connectivity index is 2.25. The van der Waals surface area contributed by atoms with Gasteiger partial charge in [0.1, 0.15) is 11.3 Å². The third-order valence-corrected chi connectivity index (χ3v) is 5.52. The number of hydrogen-bond acceptors (Lipinski definition) is 4. The monoisotopic (exact) mass is 416 g/mol. The van der Waals surface area contributed by atoms with Gasteiger partial charge in [0, 0.05) is 28.1 Å². The van der Waals surface area contributed by atoms with Gasteiger partial charge in [0.15, 0.2) is 5.43 Å². The molecule has 1 heterocycles. The minimum atomic E-state index is -1.17. The van der Waals surface area contributed by atoms with Crippen molar-refractivity contribution in [3.05, 3.63) is 81.0 Å². The summed E-state index contributed by atoms with van der Waals surface area (Å²) in [4.78, 5) is 36.1. The zero-order valence-electron chi connectivity index (χ0n) is 17.1. The molecule has 156 valence electrons. The van der Waals surface area contributed by atoms with Gasteiger partial charge in [0.05, 0.1) is 11.1 Å². The summed E-state index contributed by atoms with van der Waals surface area (Å²) in [6, 6.07) is 12.7. The van der Waals surface area contributed by atoms with Gasteiger partial charge >= 0.3 is 11.9 Å². The maximum absolute atomic E-state index is 12.4. The SMILES string of the molecule is CCc1ccc2oc3cc(=O)c(CC)cc-3c(-c3cc(C(=O)O)ccc3C(=O)O)c2c1. The fraction of sp³-hybridized carbons (Fsp3) is 0.160. The highest BCUT2D eigenvalue weighted by molar-refractivity contribution is 6.08. The van der Waals surface area contributed by atoms with Crippen LogP contribution in [0, 0.1) is 0 Å². The first-order chi connectivity index (χ1) is 14.8. The standard InChI is InChI=1S/C25H20O6/c1-3-13-5-8-21-18(9-13)23(19-10-14(4-2)20(26)12-22(19)31-21)17-11-15(24(27)28)6-7-16(17)25(29)30/h5-12H,3-4H2,1-2H3,(H,27,28)(H,29,30). The van der Waals surface area contributed by atoms with E-state index in [9.17, 15) is 24.6 Å². The predicted octanol–water partition coefficient (Wildman–Crippen LogP) is 5.09. The van der Waals surface area contributed by atoms with E-state index < -0.39 is 11.9 Å². The molecular weight excluding hydrogens is 396 g/mol. The zero-order valence-corrected chi connectivity index (χ0v) is 17.1. The van der Waals surface area contributed by atoms with Gasteiger partial charge in [-0.2, -0.15) is 0 Å². The van der Waals surface area contributed by atoms with E-state index in [1.165, 1.54) is 24.3 Å². The molecule has 31 heavy (non-hydrogen) atoms. The van der Waals surface area contributed by atoms with Crippen LogP contribution in [0.2, 0.25) is 0 Å². The molecule has 0 aromatic heterocycles. The maximum Gasteiger partial charge on any atom is 0.336 e. The molecule has 0 atom stereocenters.